The van der Waals surface area contributed by atoms with Gasteiger partial charge in [-0.15, -0.1) is 0 Å². The van der Waals surface area contributed by atoms with E-state index in [1.165, 1.54) is 17.7 Å². The molecule has 1 aliphatic carbocycles. The Morgan fingerprint density at radius 1 is 1.38 bits per heavy atom. The van der Waals surface area contributed by atoms with Gasteiger partial charge in [0, 0.05) is 51.2 Å². The molecule has 1 saturated carbocycles. The maximum atomic E-state index is 11.9. The van der Waals surface area contributed by atoms with Crippen molar-refractivity contribution in [2.75, 3.05) is 27.2 Å². The Labute approximate surface area is 154 Å². The fraction of sp³-hybridized carbons (Fsp3) is 0.632. The summed E-state index contributed by atoms with van der Waals surface area (Å²) in [6.07, 6.45) is 6.04. The number of nitrogens with zero attached hydrogens (tertiary/aromatic N) is 4. The average Bonchev–Trinajstić information content (AvgIpc) is 3.38. The highest BCUT2D eigenvalue weighted by atomic mass is 16.3. The van der Waals surface area contributed by atoms with Crippen molar-refractivity contribution in [1.29, 1.82) is 5.26 Å². The molecular formula is C19H27N5O2. The summed E-state index contributed by atoms with van der Waals surface area (Å²) in [7, 11) is 3.36. The van der Waals surface area contributed by atoms with E-state index in [0.717, 1.165) is 31.6 Å². The molecule has 0 aromatic carbocycles. The number of hydrogen-bond acceptors (Lipinski definition) is 6. The van der Waals surface area contributed by atoms with Crippen LogP contribution in [0.3, 0.4) is 0 Å². The van der Waals surface area contributed by atoms with Gasteiger partial charge in [0.1, 0.15) is 11.8 Å². The minimum Gasteiger partial charge on any atom is -0.374 e. The summed E-state index contributed by atoms with van der Waals surface area (Å²) in [5.41, 5.74) is 2.92. The van der Waals surface area contributed by atoms with Crippen molar-refractivity contribution in [2.24, 2.45) is 10.4 Å². The van der Waals surface area contributed by atoms with E-state index < -0.39 is 6.23 Å². The lowest BCUT2D eigenvalue weighted by atomic mass is 9.92. The van der Waals surface area contributed by atoms with Crippen molar-refractivity contribution in [3.05, 3.63) is 23.2 Å². The van der Waals surface area contributed by atoms with E-state index in [-0.39, 0.29) is 5.91 Å². The zero-order chi connectivity index (χ0) is 18.9. The number of aliphatic hydroxyl groups excluding tert-OH is 1. The first-order valence-electron chi connectivity index (χ1n) is 9.13. The average molecular weight is 357 g/mol. The molecule has 7 heteroatoms. The van der Waals surface area contributed by atoms with E-state index in [1.807, 2.05) is 0 Å². The van der Waals surface area contributed by atoms with E-state index in [1.54, 1.807) is 27.2 Å². The standard InChI is InChI=1S/C19H27N5O2/c1-13(18(26)23(2)3)21-12-14-10-16(15(11-20)17(25)22-14)24-8-6-19(4-5-19)7-9-24/h12,17,22,25H,4-10H2,1-3H3/b14-12+,21-13?. The van der Waals surface area contributed by atoms with Crippen molar-refractivity contribution < 1.29 is 9.90 Å². The number of carbonyl (C=O) groups is 1. The van der Waals surface area contributed by atoms with Crippen LogP contribution in [0, 0.1) is 16.7 Å². The Morgan fingerprint density at radius 3 is 2.58 bits per heavy atom. The number of amides is 1. The van der Waals surface area contributed by atoms with Crippen molar-refractivity contribution >= 4 is 11.6 Å². The van der Waals surface area contributed by atoms with Gasteiger partial charge in [-0.2, -0.15) is 5.26 Å². The Hall–Kier alpha value is -2.33. The third-order valence-corrected chi connectivity index (χ3v) is 5.68. The number of rotatable bonds is 3. The molecule has 1 unspecified atom stereocenters. The molecule has 3 aliphatic rings. The highest BCUT2D eigenvalue weighted by molar-refractivity contribution is 6.37. The summed E-state index contributed by atoms with van der Waals surface area (Å²) in [6, 6.07) is 2.16. The molecule has 7 nitrogen and oxygen atoms in total. The van der Waals surface area contributed by atoms with Gasteiger partial charge in [-0.3, -0.25) is 9.79 Å². The minimum atomic E-state index is -1.04. The number of carbonyl (C=O) groups excluding carboxylic acids is 1. The maximum Gasteiger partial charge on any atom is 0.267 e. The van der Waals surface area contributed by atoms with Gasteiger partial charge in [0.2, 0.25) is 0 Å². The molecular weight excluding hydrogens is 330 g/mol. The first kappa shape index (κ1) is 18.5. The number of piperidine rings is 1. The lowest BCUT2D eigenvalue weighted by molar-refractivity contribution is -0.121. The summed E-state index contributed by atoms with van der Waals surface area (Å²) in [5, 5.41) is 22.7. The predicted molar refractivity (Wildman–Crippen MR) is 98.8 cm³/mol. The lowest BCUT2D eigenvalue weighted by Crippen LogP contribution is -2.41. The quantitative estimate of drug-likeness (QED) is 0.744. The monoisotopic (exact) mass is 357 g/mol. The second-order valence-corrected chi connectivity index (χ2v) is 7.75. The van der Waals surface area contributed by atoms with Crippen LogP contribution in [0.25, 0.3) is 0 Å². The molecule has 1 atom stereocenters. The summed E-state index contributed by atoms with van der Waals surface area (Å²) in [4.78, 5) is 19.8. The molecule has 0 aromatic heterocycles. The zero-order valence-corrected chi connectivity index (χ0v) is 15.7. The van der Waals surface area contributed by atoms with Crippen LogP contribution in [-0.2, 0) is 4.79 Å². The number of nitrogens with one attached hydrogen (secondary N) is 1. The van der Waals surface area contributed by atoms with Crippen LogP contribution in [0.5, 0.6) is 0 Å². The number of nitriles is 1. The number of likely N-dealkylation sites (tertiary alicyclic amines) is 1. The fourth-order valence-corrected chi connectivity index (χ4v) is 3.70. The Morgan fingerprint density at radius 2 is 2.04 bits per heavy atom. The number of aliphatic hydroxyl groups is 1. The van der Waals surface area contributed by atoms with Gasteiger partial charge in [0.25, 0.3) is 5.91 Å². The van der Waals surface area contributed by atoms with Crippen LogP contribution in [0.15, 0.2) is 28.2 Å². The van der Waals surface area contributed by atoms with Gasteiger partial charge in [0.15, 0.2) is 6.23 Å². The van der Waals surface area contributed by atoms with E-state index in [0.29, 0.717) is 28.8 Å². The van der Waals surface area contributed by atoms with Crippen LogP contribution in [0.4, 0.5) is 0 Å². The van der Waals surface area contributed by atoms with Gasteiger partial charge in [-0.1, -0.05) is 0 Å². The van der Waals surface area contributed by atoms with Gasteiger partial charge in [-0.25, -0.2) is 0 Å². The number of aliphatic imine (C=N–C) groups is 1. The molecule has 140 valence electrons. The summed E-state index contributed by atoms with van der Waals surface area (Å²) >= 11 is 0. The van der Waals surface area contributed by atoms with Crippen LogP contribution in [0.1, 0.15) is 39.0 Å². The van der Waals surface area contributed by atoms with Crippen LogP contribution in [0.2, 0.25) is 0 Å². The Kier molecular flexibility index (Phi) is 5.05. The largest absolute Gasteiger partial charge is 0.374 e. The molecule has 1 amide bonds. The summed E-state index contributed by atoms with van der Waals surface area (Å²) in [5.74, 6) is -0.155. The van der Waals surface area contributed by atoms with E-state index in [4.69, 9.17) is 0 Å². The van der Waals surface area contributed by atoms with Crippen molar-refractivity contribution in [1.82, 2.24) is 15.1 Å². The van der Waals surface area contributed by atoms with Gasteiger partial charge >= 0.3 is 0 Å². The van der Waals surface area contributed by atoms with Crippen LogP contribution < -0.4 is 5.32 Å². The third kappa shape index (κ3) is 3.75. The minimum absolute atomic E-state index is 0.155. The second kappa shape index (κ2) is 7.12. The molecule has 1 spiro atoms. The predicted octanol–water partition coefficient (Wildman–Crippen LogP) is 1.34. The zero-order valence-electron chi connectivity index (χ0n) is 15.7. The molecule has 3 rings (SSSR count). The molecule has 26 heavy (non-hydrogen) atoms. The van der Waals surface area contributed by atoms with Gasteiger partial charge in [-0.05, 0) is 38.0 Å². The summed E-state index contributed by atoms with van der Waals surface area (Å²) < 4.78 is 0. The van der Waals surface area contributed by atoms with Crippen molar-refractivity contribution in [2.45, 2.75) is 45.3 Å². The molecule has 2 aliphatic heterocycles. The Bertz CT molecular complexity index is 715. The lowest BCUT2D eigenvalue weighted by Gasteiger charge is -2.38. The van der Waals surface area contributed by atoms with Gasteiger partial charge in [0.05, 0.1) is 5.57 Å². The maximum absolute atomic E-state index is 11.9. The van der Waals surface area contributed by atoms with Crippen LogP contribution in [-0.4, -0.2) is 59.9 Å². The first-order chi connectivity index (χ1) is 12.3. The van der Waals surface area contributed by atoms with Crippen molar-refractivity contribution in [3.63, 3.8) is 0 Å². The molecule has 0 bridgehead atoms. The van der Waals surface area contributed by atoms with E-state index >= 15 is 0 Å². The number of hydrogen-bond donors (Lipinski definition) is 2. The normalized spacial score (nSPS) is 26.6. The SMILES string of the molecule is CC(=N/C=C1\CC(N2CCC3(CC2)CC3)=C(C#N)C(O)N1)C(=O)N(C)C. The van der Waals surface area contributed by atoms with Crippen molar-refractivity contribution in [3.8, 4) is 6.07 Å². The molecule has 2 heterocycles. The molecule has 2 fully saturated rings. The second-order valence-electron chi connectivity index (χ2n) is 7.75. The highest BCUT2D eigenvalue weighted by Gasteiger charge is 2.45. The molecule has 2 N–H and O–H groups in total. The molecule has 1 saturated heterocycles. The first-order valence-corrected chi connectivity index (χ1v) is 9.13. The molecule has 0 radical (unpaired) electrons. The molecule has 0 aromatic rings. The smallest absolute Gasteiger partial charge is 0.267 e. The van der Waals surface area contributed by atoms with E-state index in [9.17, 15) is 15.2 Å². The van der Waals surface area contributed by atoms with Crippen LogP contribution >= 0.6 is 0 Å². The Balaban J connectivity index is 1.77. The van der Waals surface area contributed by atoms with E-state index in [2.05, 4.69) is 21.3 Å². The highest BCUT2D eigenvalue weighted by Crippen LogP contribution is 2.54. The third-order valence-electron chi connectivity index (χ3n) is 5.68. The van der Waals surface area contributed by atoms with Gasteiger partial charge < -0.3 is 20.2 Å². The fourth-order valence-electron chi connectivity index (χ4n) is 3.70. The topological polar surface area (TPSA) is 92.0 Å². The summed E-state index contributed by atoms with van der Waals surface area (Å²) in [6.45, 7) is 3.53.